The van der Waals surface area contributed by atoms with Crippen LogP contribution in [0.3, 0.4) is 0 Å². The maximum Gasteiger partial charge on any atom is 0.341 e. The third-order valence-corrected chi connectivity index (χ3v) is 6.07. The van der Waals surface area contributed by atoms with Crippen LogP contribution < -0.4 is 0 Å². The Morgan fingerprint density at radius 3 is 2.74 bits per heavy atom. The summed E-state index contributed by atoms with van der Waals surface area (Å²) in [5.74, 6) is -0.701. The Balaban J connectivity index is 1.73. The summed E-state index contributed by atoms with van der Waals surface area (Å²) in [6.45, 7) is 2.07. The van der Waals surface area contributed by atoms with Crippen LogP contribution in [-0.2, 0) is 17.6 Å². The molecule has 2 aliphatic rings. The molecule has 2 aliphatic carbocycles. The Morgan fingerprint density at radius 2 is 2.00 bits per heavy atom. The van der Waals surface area contributed by atoms with Gasteiger partial charge in [-0.2, -0.15) is 0 Å². The van der Waals surface area contributed by atoms with E-state index in [1.54, 1.807) is 31.2 Å². The average Bonchev–Trinajstić information content (AvgIpc) is 3.16. The molecule has 0 saturated heterocycles. The summed E-state index contributed by atoms with van der Waals surface area (Å²) in [5.41, 5.74) is 2.66. The number of carbonyl (C=O) groups excluding carboxylic acids is 2. The van der Waals surface area contributed by atoms with Gasteiger partial charge < -0.3 is 9.84 Å². The fourth-order valence-electron chi connectivity index (χ4n) is 3.58. The van der Waals surface area contributed by atoms with Crippen LogP contribution in [0.2, 0.25) is 0 Å². The highest BCUT2D eigenvalue weighted by Gasteiger charge is 2.29. The lowest BCUT2D eigenvalue weighted by Gasteiger charge is -2.11. The molecule has 0 radical (unpaired) electrons. The van der Waals surface area contributed by atoms with Crippen LogP contribution in [0.25, 0.3) is 5.76 Å². The minimum Gasteiger partial charge on any atom is -0.506 e. The average molecular weight is 381 g/mol. The normalized spacial score (nSPS) is 16.0. The molecule has 1 N–H and O–H groups in total. The molecule has 27 heavy (non-hydrogen) atoms. The third kappa shape index (κ3) is 3.00. The number of ketones is 1. The summed E-state index contributed by atoms with van der Waals surface area (Å²) in [5, 5.41) is 10.9. The van der Waals surface area contributed by atoms with Crippen molar-refractivity contribution in [1.29, 1.82) is 0 Å². The Kier molecular flexibility index (Phi) is 4.66. The number of hydrogen-bond acceptors (Lipinski definition) is 6. The van der Waals surface area contributed by atoms with Gasteiger partial charge in [0.2, 0.25) is 0 Å². The number of Topliss-reactive ketones (excluding diaryl/α,β-unsaturated/α-hetero) is 1. The summed E-state index contributed by atoms with van der Waals surface area (Å²) in [7, 11) is 0. The molecule has 0 atom stereocenters. The van der Waals surface area contributed by atoms with Crippen LogP contribution in [0.15, 0.2) is 34.8 Å². The lowest BCUT2D eigenvalue weighted by atomic mass is 9.95. The molecule has 1 heterocycles. The summed E-state index contributed by atoms with van der Waals surface area (Å²) < 4.78 is 5.22. The molecule has 1 aromatic heterocycles. The van der Waals surface area contributed by atoms with Crippen molar-refractivity contribution in [3.8, 4) is 0 Å². The van der Waals surface area contributed by atoms with Crippen molar-refractivity contribution >= 4 is 40.1 Å². The van der Waals surface area contributed by atoms with E-state index in [1.165, 1.54) is 17.6 Å². The maximum absolute atomic E-state index is 12.5. The first-order chi connectivity index (χ1) is 13.1. The maximum atomic E-state index is 12.5. The van der Waals surface area contributed by atoms with Crippen molar-refractivity contribution in [3.63, 3.8) is 0 Å². The van der Waals surface area contributed by atoms with E-state index < -0.39 is 0 Å². The minimum absolute atomic E-state index is 0.0710. The zero-order valence-electron chi connectivity index (χ0n) is 14.9. The Morgan fingerprint density at radius 1 is 1.26 bits per heavy atom. The van der Waals surface area contributed by atoms with E-state index in [-0.39, 0.29) is 23.1 Å². The highest BCUT2D eigenvalue weighted by atomic mass is 32.1. The second-order valence-electron chi connectivity index (χ2n) is 6.51. The van der Waals surface area contributed by atoms with E-state index >= 15 is 0 Å². The van der Waals surface area contributed by atoms with Gasteiger partial charge in [0.15, 0.2) is 5.78 Å². The first kappa shape index (κ1) is 17.7. The number of carbonyl (C=O) groups is 2. The monoisotopic (exact) mass is 381 g/mol. The molecule has 0 aliphatic heterocycles. The standard InChI is InChI=1S/C21H19NO4S/c1-2-26-21(25)17-14-9-5-6-10-16(14)27-20(17)22-11-15-18(23)12-7-3-4-8-13(12)19(15)24/h3-4,7-8,11,23H,2,5-6,9-10H2,1H3/b22-11+. The van der Waals surface area contributed by atoms with Gasteiger partial charge in [-0.05, 0) is 38.2 Å². The predicted octanol–water partition coefficient (Wildman–Crippen LogP) is 4.67. The van der Waals surface area contributed by atoms with E-state index in [0.29, 0.717) is 28.3 Å². The number of fused-ring (bicyclic) bond motifs is 2. The Bertz CT molecular complexity index is 1000. The van der Waals surface area contributed by atoms with Gasteiger partial charge in [0.25, 0.3) is 0 Å². The van der Waals surface area contributed by atoms with Gasteiger partial charge in [0.1, 0.15) is 10.8 Å². The molecule has 6 heteroatoms. The number of aryl methyl sites for hydroxylation is 1. The second-order valence-corrected chi connectivity index (χ2v) is 7.59. The molecule has 1 aromatic carbocycles. The fourth-order valence-corrected chi connectivity index (χ4v) is 4.81. The number of rotatable bonds is 4. The zero-order chi connectivity index (χ0) is 19.0. The molecule has 0 amide bonds. The number of ether oxygens (including phenoxy) is 1. The summed E-state index contributed by atoms with van der Waals surface area (Å²) in [6.07, 6.45) is 5.28. The molecule has 4 rings (SSSR count). The molecular weight excluding hydrogens is 362 g/mol. The molecule has 138 valence electrons. The Labute approximate surface area is 161 Å². The number of aliphatic imine (C=N–C) groups is 1. The molecule has 0 bridgehead atoms. The van der Waals surface area contributed by atoms with E-state index in [4.69, 9.17) is 4.74 Å². The van der Waals surface area contributed by atoms with E-state index in [0.717, 1.165) is 36.1 Å². The summed E-state index contributed by atoms with van der Waals surface area (Å²) in [6, 6.07) is 6.92. The van der Waals surface area contributed by atoms with Crippen molar-refractivity contribution in [2.24, 2.45) is 4.99 Å². The highest BCUT2D eigenvalue weighted by Crippen LogP contribution is 2.40. The third-order valence-electron chi connectivity index (χ3n) is 4.87. The molecule has 0 unspecified atom stereocenters. The van der Waals surface area contributed by atoms with E-state index in [9.17, 15) is 14.7 Å². The number of esters is 1. The van der Waals surface area contributed by atoms with Crippen molar-refractivity contribution in [2.75, 3.05) is 6.61 Å². The number of thiophene rings is 1. The minimum atomic E-state index is -0.372. The van der Waals surface area contributed by atoms with E-state index in [2.05, 4.69) is 4.99 Å². The number of aliphatic hydroxyl groups excluding tert-OH is 1. The number of nitrogens with zero attached hydrogens (tertiary/aromatic N) is 1. The smallest absolute Gasteiger partial charge is 0.341 e. The molecule has 2 aromatic rings. The molecule has 5 nitrogen and oxygen atoms in total. The molecule has 0 saturated carbocycles. The van der Waals surface area contributed by atoms with Gasteiger partial charge in [-0.15, -0.1) is 11.3 Å². The number of allylic oxidation sites excluding steroid dienone is 1. The highest BCUT2D eigenvalue weighted by molar-refractivity contribution is 7.16. The van der Waals surface area contributed by atoms with Gasteiger partial charge in [-0.25, -0.2) is 9.79 Å². The zero-order valence-corrected chi connectivity index (χ0v) is 15.8. The first-order valence-electron chi connectivity index (χ1n) is 9.04. The Hall–Kier alpha value is -2.73. The predicted molar refractivity (Wildman–Crippen MR) is 105 cm³/mol. The lowest BCUT2D eigenvalue weighted by Crippen LogP contribution is -2.09. The SMILES string of the molecule is CCOC(=O)c1c(/N=C/C2=C(O)c3ccccc3C2=O)sc2c1CCCC2. The summed E-state index contributed by atoms with van der Waals surface area (Å²) in [4.78, 5) is 30.6. The number of aliphatic hydroxyl groups is 1. The van der Waals surface area contributed by atoms with Gasteiger partial charge in [-0.1, -0.05) is 24.3 Å². The van der Waals surface area contributed by atoms with Crippen molar-refractivity contribution < 1.29 is 19.4 Å². The largest absolute Gasteiger partial charge is 0.506 e. The second kappa shape index (κ2) is 7.12. The quantitative estimate of drug-likeness (QED) is 0.617. The van der Waals surface area contributed by atoms with Crippen molar-refractivity contribution in [2.45, 2.75) is 32.6 Å². The number of hydrogen-bond donors (Lipinski definition) is 1. The number of benzene rings is 1. The van der Waals surface area contributed by atoms with Gasteiger partial charge in [0, 0.05) is 22.2 Å². The van der Waals surface area contributed by atoms with Crippen LogP contribution >= 0.6 is 11.3 Å². The molecule has 0 spiro atoms. The van der Waals surface area contributed by atoms with Crippen LogP contribution in [0.5, 0.6) is 0 Å². The van der Waals surface area contributed by atoms with E-state index in [1.807, 2.05) is 0 Å². The van der Waals surface area contributed by atoms with Crippen LogP contribution in [0, 0.1) is 0 Å². The topological polar surface area (TPSA) is 76.0 Å². The van der Waals surface area contributed by atoms with Gasteiger partial charge >= 0.3 is 5.97 Å². The molecular formula is C21H19NO4S. The summed E-state index contributed by atoms with van der Waals surface area (Å²) >= 11 is 1.47. The van der Waals surface area contributed by atoms with Gasteiger partial charge in [-0.3, -0.25) is 4.79 Å². The van der Waals surface area contributed by atoms with Gasteiger partial charge in [0.05, 0.1) is 17.7 Å². The lowest BCUT2D eigenvalue weighted by molar-refractivity contribution is 0.0526. The van der Waals surface area contributed by atoms with Crippen LogP contribution in [-0.4, -0.2) is 29.7 Å². The molecule has 0 fully saturated rings. The first-order valence-corrected chi connectivity index (χ1v) is 9.86. The van der Waals surface area contributed by atoms with Crippen molar-refractivity contribution in [3.05, 3.63) is 57.0 Å². The van der Waals surface area contributed by atoms with Crippen LogP contribution in [0.4, 0.5) is 5.00 Å². The van der Waals surface area contributed by atoms with Crippen LogP contribution in [0.1, 0.15) is 56.5 Å². The fraction of sp³-hybridized carbons (Fsp3) is 0.286. The van der Waals surface area contributed by atoms with Crippen molar-refractivity contribution in [1.82, 2.24) is 0 Å².